The molecule has 0 N–H and O–H groups in total. The van der Waals surface area contributed by atoms with E-state index in [1.54, 1.807) is 27.7 Å². The predicted octanol–water partition coefficient (Wildman–Crippen LogP) is 3.98. The van der Waals surface area contributed by atoms with E-state index in [4.69, 9.17) is 21.1 Å². The maximum atomic E-state index is 12.3. The number of carbonyl (C=O) groups excluding carboxylic acids is 2. The van der Waals surface area contributed by atoms with Crippen LogP contribution in [0.25, 0.3) is 0 Å². The van der Waals surface area contributed by atoms with Gasteiger partial charge in [-0.25, -0.2) is 9.59 Å². The molecule has 1 aromatic carbocycles. The molecule has 1 atom stereocenters. The van der Waals surface area contributed by atoms with Crippen molar-refractivity contribution < 1.29 is 19.1 Å². The van der Waals surface area contributed by atoms with Crippen LogP contribution in [-0.2, 0) is 20.9 Å². The zero-order chi connectivity index (χ0) is 18.2. The number of alkyl halides is 1. The molecule has 0 heterocycles. The van der Waals surface area contributed by atoms with Crippen LogP contribution in [0.2, 0.25) is 0 Å². The first kappa shape index (κ1) is 20.3. The molecule has 24 heavy (non-hydrogen) atoms. The van der Waals surface area contributed by atoms with Crippen molar-refractivity contribution in [3.05, 3.63) is 35.9 Å². The molecule has 0 saturated carbocycles. The Hall–Kier alpha value is -1.75. The van der Waals surface area contributed by atoms with Crippen LogP contribution in [0.15, 0.2) is 30.3 Å². The summed E-state index contributed by atoms with van der Waals surface area (Å²) in [5.41, 5.74) is 0.256. The maximum Gasteiger partial charge on any atom is 0.411 e. The highest BCUT2D eigenvalue weighted by Gasteiger charge is 2.30. The Labute approximate surface area is 148 Å². The molecular formula is C18H26ClNO4. The Bertz CT molecular complexity index is 528. The van der Waals surface area contributed by atoms with Crippen molar-refractivity contribution in [3.8, 4) is 0 Å². The number of amides is 1. The molecule has 0 radical (unpaired) electrons. The molecule has 134 valence electrons. The van der Waals surface area contributed by atoms with Crippen LogP contribution in [0.1, 0.15) is 39.7 Å². The van der Waals surface area contributed by atoms with E-state index in [2.05, 4.69) is 0 Å². The molecule has 0 aliphatic carbocycles. The van der Waals surface area contributed by atoms with Crippen LogP contribution in [0.5, 0.6) is 0 Å². The second kappa shape index (κ2) is 9.52. The largest absolute Gasteiger partial charge is 0.459 e. The normalized spacial score (nSPS) is 12.4. The minimum Gasteiger partial charge on any atom is -0.459 e. The zero-order valence-electron chi connectivity index (χ0n) is 14.8. The number of rotatable bonds is 7. The smallest absolute Gasteiger partial charge is 0.411 e. The predicted molar refractivity (Wildman–Crippen MR) is 94.0 cm³/mol. The second-order valence-corrected chi connectivity index (χ2v) is 6.86. The first-order chi connectivity index (χ1) is 11.2. The fraction of sp³-hybridized carbons (Fsp3) is 0.556. The molecule has 0 bridgehead atoms. The number of halogens is 1. The summed E-state index contributed by atoms with van der Waals surface area (Å²) in [6, 6.07) is 8.64. The molecule has 0 spiro atoms. The molecule has 0 aliphatic rings. The number of hydrogen-bond donors (Lipinski definition) is 0. The number of nitrogens with zero attached hydrogens (tertiary/aromatic N) is 1. The van der Waals surface area contributed by atoms with Gasteiger partial charge in [0.25, 0.3) is 0 Å². The third kappa shape index (κ3) is 7.21. The van der Waals surface area contributed by atoms with Gasteiger partial charge in [-0.3, -0.25) is 4.90 Å². The lowest BCUT2D eigenvalue weighted by Crippen LogP contribution is -2.46. The summed E-state index contributed by atoms with van der Waals surface area (Å²) in [6.45, 7) is 7.47. The summed E-state index contributed by atoms with van der Waals surface area (Å²) in [5, 5.41) is 0. The summed E-state index contributed by atoms with van der Waals surface area (Å²) in [7, 11) is 0. The highest BCUT2D eigenvalue weighted by atomic mass is 35.5. The van der Waals surface area contributed by atoms with Gasteiger partial charge in [-0.2, -0.15) is 0 Å². The van der Waals surface area contributed by atoms with Crippen molar-refractivity contribution in [2.45, 2.75) is 52.4 Å². The summed E-state index contributed by atoms with van der Waals surface area (Å²) >= 11 is 5.71. The van der Waals surface area contributed by atoms with Gasteiger partial charge in [0, 0.05) is 12.4 Å². The van der Waals surface area contributed by atoms with E-state index in [-0.39, 0.29) is 6.61 Å². The number of benzene rings is 1. The second-order valence-electron chi connectivity index (χ2n) is 6.49. The minimum absolute atomic E-state index is 0.168. The van der Waals surface area contributed by atoms with Crippen molar-refractivity contribution in [2.24, 2.45) is 0 Å². The van der Waals surface area contributed by atoms with Gasteiger partial charge in [-0.05, 0) is 39.7 Å². The van der Waals surface area contributed by atoms with E-state index in [0.29, 0.717) is 18.8 Å². The van der Waals surface area contributed by atoms with Crippen molar-refractivity contribution in [3.63, 3.8) is 0 Å². The maximum absolute atomic E-state index is 12.3. The van der Waals surface area contributed by atoms with Crippen molar-refractivity contribution in [1.82, 2.24) is 4.90 Å². The van der Waals surface area contributed by atoms with E-state index in [1.807, 2.05) is 30.3 Å². The van der Waals surface area contributed by atoms with Gasteiger partial charge in [0.05, 0.1) is 0 Å². The third-order valence-electron chi connectivity index (χ3n) is 3.19. The van der Waals surface area contributed by atoms with Crippen LogP contribution in [0.4, 0.5) is 4.79 Å². The highest BCUT2D eigenvalue weighted by molar-refractivity contribution is 6.17. The van der Waals surface area contributed by atoms with Gasteiger partial charge < -0.3 is 9.47 Å². The van der Waals surface area contributed by atoms with Gasteiger partial charge >= 0.3 is 12.1 Å². The van der Waals surface area contributed by atoms with Crippen LogP contribution in [-0.4, -0.2) is 41.0 Å². The molecule has 0 saturated heterocycles. The summed E-state index contributed by atoms with van der Waals surface area (Å²) in [6.07, 6.45) is 0.0219. The Kier molecular flexibility index (Phi) is 8.05. The van der Waals surface area contributed by atoms with E-state index >= 15 is 0 Å². The lowest BCUT2D eigenvalue weighted by molar-refractivity contribution is -0.150. The highest BCUT2D eigenvalue weighted by Crippen LogP contribution is 2.14. The Morgan fingerprint density at radius 1 is 1.21 bits per heavy atom. The van der Waals surface area contributed by atoms with Crippen LogP contribution in [0.3, 0.4) is 0 Å². The molecule has 5 nitrogen and oxygen atoms in total. The Morgan fingerprint density at radius 2 is 1.83 bits per heavy atom. The van der Waals surface area contributed by atoms with Gasteiger partial charge in [0.15, 0.2) is 0 Å². The quantitative estimate of drug-likeness (QED) is 0.548. The molecule has 0 aliphatic heterocycles. The molecule has 1 aromatic rings. The average molecular weight is 356 g/mol. The van der Waals surface area contributed by atoms with Crippen LogP contribution >= 0.6 is 11.6 Å². The zero-order valence-corrected chi connectivity index (χ0v) is 15.5. The molecule has 0 unspecified atom stereocenters. The van der Waals surface area contributed by atoms with Gasteiger partial charge in [0.1, 0.15) is 18.2 Å². The molecule has 0 aromatic heterocycles. The lowest BCUT2D eigenvalue weighted by atomic mass is 10.2. The molecule has 1 rings (SSSR count). The van der Waals surface area contributed by atoms with E-state index in [9.17, 15) is 9.59 Å². The molecular weight excluding hydrogens is 330 g/mol. The number of hydrogen-bond acceptors (Lipinski definition) is 4. The van der Waals surface area contributed by atoms with Crippen molar-refractivity contribution in [2.75, 3.05) is 12.4 Å². The topological polar surface area (TPSA) is 55.8 Å². The van der Waals surface area contributed by atoms with Crippen LogP contribution in [0, 0.1) is 0 Å². The van der Waals surface area contributed by atoms with Gasteiger partial charge in [0.2, 0.25) is 0 Å². The fourth-order valence-electron chi connectivity index (χ4n) is 1.97. The van der Waals surface area contributed by atoms with Gasteiger partial charge in [-0.15, -0.1) is 11.6 Å². The van der Waals surface area contributed by atoms with E-state index in [0.717, 1.165) is 5.56 Å². The van der Waals surface area contributed by atoms with Gasteiger partial charge in [-0.1, -0.05) is 30.3 Å². The summed E-state index contributed by atoms with van der Waals surface area (Å²) < 4.78 is 10.7. The first-order valence-electron chi connectivity index (χ1n) is 8.00. The number of ether oxygens (including phenoxy) is 2. The molecule has 1 amide bonds. The van der Waals surface area contributed by atoms with Crippen LogP contribution < -0.4 is 0 Å². The first-order valence-corrected chi connectivity index (χ1v) is 8.54. The SMILES string of the molecule is C[C@@H](C(=O)OCc1ccccc1)N(CCCCl)C(=O)OC(C)(C)C. The summed E-state index contributed by atoms with van der Waals surface area (Å²) in [4.78, 5) is 26.0. The standard InChI is InChI=1S/C18H26ClNO4/c1-14(16(21)23-13-15-9-6-5-7-10-15)20(12-8-11-19)17(22)24-18(2,3)4/h5-7,9-10,14H,8,11-13H2,1-4H3/t14-/m0/s1. The number of esters is 1. The summed E-state index contributed by atoms with van der Waals surface area (Å²) in [5.74, 6) is -0.0790. The van der Waals surface area contributed by atoms with Crippen molar-refractivity contribution >= 4 is 23.7 Å². The van der Waals surface area contributed by atoms with Crippen molar-refractivity contribution in [1.29, 1.82) is 0 Å². The average Bonchev–Trinajstić information content (AvgIpc) is 2.52. The van der Waals surface area contributed by atoms with E-state index in [1.165, 1.54) is 4.90 Å². The Morgan fingerprint density at radius 3 is 2.38 bits per heavy atom. The lowest BCUT2D eigenvalue weighted by Gasteiger charge is -2.30. The third-order valence-corrected chi connectivity index (χ3v) is 3.46. The number of carbonyl (C=O) groups is 2. The monoisotopic (exact) mass is 355 g/mol. The minimum atomic E-state index is -0.744. The molecule has 6 heteroatoms. The molecule has 0 fully saturated rings. The van der Waals surface area contributed by atoms with E-state index < -0.39 is 23.7 Å². The Balaban J connectivity index is 2.69. The fourth-order valence-corrected chi connectivity index (χ4v) is 2.09.